The van der Waals surface area contributed by atoms with Gasteiger partial charge in [-0.2, -0.15) is 0 Å². The SMILES string of the molecule is Cn1c(-c2cccc([N+](=O)[O-])c2)cnc1Br. The Labute approximate surface area is 100 Å². The van der Waals surface area contributed by atoms with Crippen LogP contribution in [-0.4, -0.2) is 14.5 Å². The fourth-order valence-corrected chi connectivity index (χ4v) is 1.73. The standard InChI is InChI=1S/C10H8BrN3O2/c1-13-9(6-12-10(13)11)7-3-2-4-8(5-7)14(15)16/h2-6H,1H3. The average Bonchev–Trinajstić information content (AvgIpc) is 2.60. The van der Waals surface area contributed by atoms with Crippen LogP contribution in [-0.2, 0) is 7.05 Å². The number of nitro benzene ring substituents is 1. The fraction of sp³-hybridized carbons (Fsp3) is 0.100. The van der Waals surface area contributed by atoms with Crippen molar-refractivity contribution in [2.45, 2.75) is 0 Å². The van der Waals surface area contributed by atoms with Crippen LogP contribution >= 0.6 is 15.9 Å². The Morgan fingerprint density at radius 2 is 2.25 bits per heavy atom. The van der Waals surface area contributed by atoms with Crippen molar-refractivity contribution in [1.29, 1.82) is 0 Å². The normalized spacial score (nSPS) is 10.4. The maximum absolute atomic E-state index is 10.6. The van der Waals surface area contributed by atoms with Gasteiger partial charge in [-0.15, -0.1) is 0 Å². The highest BCUT2D eigenvalue weighted by Gasteiger charge is 2.10. The van der Waals surface area contributed by atoms with E-state index in [2.05, 4.69) is 20.9 Å². The number of aromatic nitrogens is 2. The van der Waals surface area contributed by atoms with E-state index in [1.54, 1.807) is 12.3 Å². The van der Waals surface area contributed by atoms with E-state index in [1.165, 1.54) is 12.1 Å². The number of hydrogen-bond donors (Lipinski definition) is 0. The van der Waals surface area contributed by atoms with Crippen LogP contribution in [0.1, 0.15) is 0 Å². The summed E-state index contributed by atoms with van der Waals surface area (Å²) >= 11 is 3.28. The lowest BCUT2D eigenvalue weighted by Crippen LogP contribution is -1.93. The van der Waals surface area contributed by atoms with E-state index in [-0.39, 0.29) is 5.69 Å². The molecule has 1 aromatic heterocycles. The number of hydrogen-bond acceptors (Lipinski definition) is 3. The van der Waals surface area contributed by atoms with Gasteiger partial charge < -0.3 is 4.57 Å². The molecule has 0 fully saturated rings. The average molecular weight is 282 g/mol. The number of benzene rings is 1. The molecule has 16 heavy (non-hydrogen) atoms. The van der Waals surface area contributed by atoms with E-state index in [0.29, 0.717) is 4.73 Å². The molecular formula is C10H8BrN3O2. The van der Waals surface area contributed by atoms with Crippen molar-refractivity contribution in [3.63, 3.8) is 0 Å². The van der Waals surface area contributed by atoms with Crippen molar-refractivity contribution in [3.05, 3.63) is 45.3 Å². The molecule has 0 aliphatic carbocycles. The maximum Gasteiger partial charge on any atom is 0.270 e. The van der Waals surface area contributed by atoms with Gasteiger partial charge in [0.2, 0.25) is 0 Å². The van der Waals surface area contributed by atoms with Gasteiger partial charge in [-0.3, -0.25) is 10.1 Å². The molecule has 0 radical (unpaired) electrons. The van der Waals surface area contributed by atoms with E-state index in [0.717, 1.165) is 11.3 Å². The van der Waals surface area contributed by atoms with Gasteiger partial charge in [0.1, 0.15) is 0 Å². The molecule has 2 aromatic rings. The summed E-state index contributed by atoms with van der Waals surface area (Å²) in [4.78, 5) is 14.3. The van der Waals surface area contributed by atoms with Crippen LogP contribution < -0.4 is 0 Å². The van der Waals surface area contributed by atoms with Gasteiger partial charge in [0.05, 0.1) is 16.8 Å². The van der Waals surface area contributed by atoms with Crippen LogP contribution in [0, 0.1) is 10.1 Å². The smallest absolute Gasteiger partial charge is 0.270 e. The third-order valence-corrected chi connectivity index (χ3v) is 3.02. The third kappa shape index (κ3) is 1.83. The van der Waals surface area contributed by atoms with Crippen molar-refractivity contribution in [1.82, 2.24) is 9.55 Å². The minimum absolute atomic E-state index is 0.0785. The van der Waals surface area contributed by atoms with Crippen molar-refractivity contribution in [3.8, 4) is 11.3 Å². The van der Waals surface area contributed by atoms with E-state index in [9.17, 15) is 10.1 Å². The second-order valence-electron chi connectivity index (χ2n) is 3.28. The Bertz CT molecular complexity index is 551. The summed E-state index contributed by atoms with van der Waals surface area (Å²) in [5.41, 5.74) is 1.68. The number of rotatable bonds is 2. The third-order valence-electron chi connectivity index (χ3n) is 2.28. The van der Waals surface area contributed by atoms with E-state index >= 15 is 0 Å². The summed E-state index contributed by atoms with van der Waals surface area (Å²) in [5.74, 6) is 0. The van der Waals surface area contributed by atoms with Crippen molar-refractivity contribution < 1.29 is 4.92 Å². The number of non-ortho nitro benzene ring substituents is 1. The van der Waals surface area contributed by atoms with Crippen molar-refractivity contribution in [2.75, 3.05) is 0 Å². The maximum atomic E-state index is 10.6. The second kappa shape index (κ2) is 4.05. The molecular weight excluding hydrogens is 274 g/mol. The van der Waals surface area contributed by atoms with Crippen molar-refractivity contribution in [2.24, 2.45) is 7.05 Å². The molecule has 0 atom stereocenters. The monoisotopic (exact) mass is 281 g/mol. The highest BCUT2D eigenvalue weighted by atomic mass is 79.9. The van der Waals surface area contributed by atoms with E-state index < -0.39 is 4.92 Å². The Balaban J connectivity index is 2.52. The Morgan fingerprint density at radius 3 is 2.81 bits per heavy atom. The number of halogens is 1. The Kier molecular flexibility index (Phi) is 2.74. The first-order valence-electron chi connectivity index (χ1n) is 4.51. The van der Waals surface area contributed by atoms with Gasteiger partial charge in [-0.05, 0) is 15.9 Å². The molecule has 1 heterocycles. The van der Waals surface area contributed by atoms with Gasteiger partial charge in [0, 0.05) is 24.7 Å². The topological polar surface area (TPSA) is 61.0 Å². The summed E-state index contributed by atoms with van der Waals surface area (Å²) in [6, 6.07) is 6.48. The minimum atomic E-state index is -0.408. The minimum Gasteiger partial charge on any atom is -0.322 e. The number of imidazole rings is 1. The zero-order valence-corrected chi connectivity index (χ0v) is 10.0. The molecule has 0 N–H and O–H groups in total. The molecule has 0 aliphatic rings. The Hall–Kier alpha value is -1.69. The molecule has 6 heteroatoms. The number of nitrogens with zero attached hydrogens (tertiary/aromatic N) is 3. The van der Waals surface area contributed by atoms with Gasteiger partial charge in [0.15, 0.2) is 4.73 Å². The summed E-state index contributed by atoms with van der Waals surface area (Å²) in [7, 11) is 1.84. The van der Waals surface area contributed by atoms with Crippen LogP contribution in [0.25, 0.3) is 11.3 Å². The molecule has 0 saturated carbocycles. The summed E-state index contributed by atoms with van der Waals surface area (Å²) in [6.45, 7) is 0. The first-order chi connectivity index (χ1) is 7.59. The lowest BCUT2D eigenvalue weighted by Gasteiger charge is -2.02. The fourth-order valence-electron chi connectivity index (χ4n) is 1.43. The second-order valence-corrected chi connectivity index (χ2v) is 3.99. The van der Waals surface area contributed by atoms with Gasteiger partial charge in [0.25, 0.3) is 5.69 Å². The summed E-state index contributed by atoms with van der Waals surface area (Å²) in [6.07, 6.45) is 1.67. The van der Waals surface area contributed by atoms with E-state index in [1.807, 2.05) is 17.7 Å². The summed E-state index contributed by atoms with van der Waals surface area (Å²) < 4.78 is 2.51. The van der Waals surface area contributed by atoms with Crippen molar-refractivity contribution >= 4 is 21.6 Å². The lowest BCUT2D eigenvalue weighted by molar-refractivity contribution is -0.384. The predicted molar refractivity (Wildman–Crippen MR) is 63.0 cm³/mol. The lowest BCUT2D eigenvalue weighted by atomic mass is 10.1. The van der Waals surface area contributed by atoms with Crippen LogP contribution in [0.2, 0.25) is 0 Å². The van der Waals surface area contributed by atoms with Crippen LogP contribution in [0.5, 0.6) is 0 Å². The van der Waals surface area contributed by atoms with Gasteiger partial charge >= 0.3 is 0 Å². The first-order valence-corrected chi connectivity index (χ1v) is 5.31. The molecule has 5 nitrogen and oxygen atoms in total. The van der Waals surface area contributed by atoms with E-state index in [4.69, 9.17) is 0 Å². The molecule has 0 amide bonds. The zero-order chi connectivity index (χ0) is 11.7. The quantitative estimate of drug-likeness (QED) is 0.628. The predicted octanol–water partition coefficient (Wildman–Crippen LogP) is 2.76. The molecule has 1 aromatic carbocycles. The van der Waals surface area contributed by atoms with Crippen LogP contribution in [0.4, 0.5) is 5.69 Å². The molecule has 82 valence electrons. The molecule has 0 spiro atoms. The van der Waals surface area contributed by atoms with Gasteiger partial charge in [-0.1, -0.05) is 12.1 Å². The molecule has 0 unspecified atom stereocenters. The molecule has 0 aliphatic heterocycles. The van der Waals surface area contributed by atoms with Crippen LogP contribution in [0.3, 0.4) is 0 Å². The Morgan fingerprint density at radius 1 is 1.50 bits per heavy atom. The molecule has 0 bridgehead atoms. The highest BCUT2D eigenvalue weighted by Crippen LogP contribution is 2.25. The van der Waals surface area contributed by atoms with Crippen LogP contribution in [0.15, 0.2) is 35.2 Å². The van der Waals surface area contributed by atoms with Gasteiger partial charge in [-0.25, -0.2) is 4.98 Å². The first kappa shape index (κ1) is 10.8. The summed E-state index contributed by atoms with van der Waals surface area (Å²) in [5, 5.41) is 10.6. The molecule has 2 rings (SSSR count). The zero-order valence-electron chi connectivity index (χ0n) is 8.42. The largest absolute Gasteiger partial charge is 0.322 e. The highest BCUT2D eigenvalue weighted by molar-refractivity contribution is 9.10. The molecule has 0 saturated heterocycles. The number of nitro groups is 1.